The van der Waals surface area contributed by atoms with Gasteiger partial charge >= 0.3 is 5.97 Å². The van der Waals surface area contributed by atoms with E-state index in [4.69, 9.17) is 4.74 Å². The SMILES string of the molecule is O=NCC1(CC(=O)OCc2ccccc2)CCCCC1. The summed E-state index contributed by atoms with van der Waals surface area (Å²) in [6, 6.07) is 9.62. The van der Waals surface area contributed by atoms with Gasteiger partial charge in [-0.05, 0) is 18.4 Å². The van der Waals surface area contributed by atoms with E-state index >= 15 is 0 Å². The molecule has 2 rings (SSSR count). The standard InChI is InChI=1S/C16H21NO3/c18-15(20-12-14-7-3-1-4-8-14)11-16(13-17-19)9-5-2-6-10-16/h1,3-4,7-8H,2,5-6,9-13H2. The lowest BCUT2D eigenvalue weighted by Crippen LogP contribution is -2.31. The van der Waals surface area contributed by atoms with Crippen LogP contribution in [0, 0.1) is 10.3 Å². The van der Waals surface area contributed by atoms with Crippen molar-refractivity contribution in [3.05, 3.63) is 40.8 Å². The van der Waals surface area contributed by atoms with Gasteiger partial charge in [0.2, 0.25) is 0 Å². The predicted molar refractivity (Wildman–Crippen MR) is 77.0 cm³/mol. The average Bonchev–Trinajstić information content (AvgIpc) is 2.47. The summed E-state index contributed by atoms with van der Waals surface area (Å²) in [4.78, 5) is 22.6. The third kappa shape index (κ3) is 4.15. The Labute approximate surface area is 119 Å². The van der Waals surface area contributed by atoms with Crippen LogP contribution in [0.4, 0.5) is 0 Å². The number of carbonyl (C=O) groups is 1. The van der Waals surface area contributed by atoms with Crippen LogP contribution in [0.1, 0.15) is 44.1 Å². The van der Waals surface area contributed by atoms with Crippen LogP contribution >= 0.6 is 0 Å². The van der Waals surface area contributed by atoms with Crippen LogP contribution < -0.4 is 0 Å². The first-order chi connectivity index (χ1) is 9.74. The van der Waals surface area contributed by atoms with Crippen molar-refractivity contribution < 1.29 is 9.53 Å². The van der Waals surface area contributed by atoms with Gasteiger partial charge in [-0.25, -0.2) is 0 Å². The summed E-state index contributed by atoms with van der Waals surface area (Å²) >= 11 is 0. The molecule has 108 valence electrons. The summed E-state index contributed by atoms with van der Waals surface area (Å²) in [5, 5.41) is 3.05. The zero-order valence-electron chi connectivity index (χ0n) is 11.7. The third-order valence-electron chi connectivity index (χ3n) is 4.08. The van der Waals surface area contributed by atoms with E-state index in [1.165, 1.54) is 6.42 Å². The molecule has 0 aliphatic heterocycles. The van der Waals surface area contributed by atoms with Crippen molar-refractivity contribution in [2.24, 2.45) is 10.6 Å². The molecule has 0 radical (unpaired) electrons. The summed E-state index contributed by atoms with van der Waals surface area (Å²) in [5.74, 6) is -0.223. The fraction of sp³-hybridized carbons (Fsp3) is 0.562. The van der Waals surface area contributed by atoms with Gasteiger partial charge in [-0.15, -0.1) is 0 Å². The molecular formula is C16H21NO3. The fourth-order valence-electron chi connectivity index (χ4n) is 2.92. The highest BCUT2D eigenvalue weighted by Gasteiger charge is 2.35. The molecule has 0 aromatic heterocycles. The molecule has 0 amide bonds. The maximum absolute atomic E-state index is 12.0. The summed E-state index contributed by atoms with van der Waals surface area (Å²) in [6.07, 6.45) is 5.44. The van der Waals surface area contributed by atoms with Crippen LogP contribution in [0.15, 0.2) is 35.5 Å². The first-order valence-electron chi connectivity index (χ1n) is 7.23. The Bertz CT molecular complexity index is 438. The molecule has 1 fully saturated rings. The second kappa shape index (κ2) is 7.17. The normalized spacial score (nSPS) is 17.4. The fourth-order valence-corrected chi connectivity index (χ4v) is 2.92. The Morgan fingerprint density at radius 3 is 2.50 bits per heavy atom. The van der Waals surface area contributed by atoms with Gasteiger partial charge < -0.3 is 4.74 Å². The quantitative estimate of drug-likeness (QED) is 0.585. The first-order valence-corrected chi connectivity index (χ1v) is 7.23. The monoisotopic (exact) mass is 275 g/mol. The van der Waals surface area contributed by atoms with Gasteiger partial charge in [0, 0.05) is 5.41 Å². The number of nitroso groups, excluding NO2 is 1. The minimum absolute atomic E-state index is 0.223. The van der Waals surface area contributed by atoms with Crippen LogP contribution in [0.3, 0.4) is 0 Å². The minimum atomic E-state index is -0.256. The van der Waals surface area contributed by atoms with E-state index in [9.17, 15) is 9.70 Å². The molecule has 1 aromatic carbocycles. The Kier molecular flexibility index (Phi) is 5.27. The van der Waals surface area contributed by atoms with Crippen molar-refractivity contribution >= 4 is 5.97 Å². The van der Waals surface area contributed by atoms with Crippen LogP contribution in [0.5, 0.6) is 0 Å². The first kappa shape index (κ1) is 14.7. The van der Waals surface area contributed by atoms with Gasteiger partial charge in [-0.2, -0.15) is 4.91 Å². The predicted octanol–water partition coefficient (Wildman–Crippen LogP) is 3.84. The zero-order chi connectivity index (χ0) is 14.3. The number of benzene rings is 1. The molecule has 0 saturated heterocycles. The molecule has 1 aliphatic carbocycles. The van der Waals surface area contributed by atoms with Crippen molar-refractivity contribution in [1.29, 1.82) is 0 Å². The van der Waals surface area contributed by atoms with Crippen LogP contribution in [-0.2, 0) is 16.1 Å². The van der Waals surface area contributed by atoms with Gasteiger partial charge in [0.25, 0.3) is 0 Å². The number of nitrogens with zero attached hydrogens (tertiary/aromatic N) is 1. The van der Waals surface area contributed by atoms with E-state index < -0.39 is 0 Å². The van der Waals surface area contributed by atoms with E-state index in [-0.39, 0.29) is 17.9 Å². The molecule has 0 bridgehead atoms. The largest absolute Gasteiger partial charge is 0.461 e. The van der Waals surface area contributed by atoms with E-state index in [1.54, 1.807) is 0 Å². The van der Waals surface area contributed by atoms with Crippen molar-refractivity contribution in [1.82, 2.24) is 0 Å². The number of hydrogen-bond donors (Lipinski definition) is 0. The Balaban J connectivity index is 1.86. The number of carbonyl (C=O) groups excluding carboxylic acids is 1. The van der Waals surface area contributed by atoms with Gasteiger partial charge in [0.15, 0.2) is 0 Å². The molecule has 4 nitrogen and oxygen atoms in total. The minimum Gasteiger partial charge on any atom is -0.461 e. The molecule has 0 spiro atoms. The van der Waals surface area contributed by atoms with E-state index in [0.29, 0.717) is 13.0 Å². The van der Waals surface area contributed by atoms with E-state index in [0.717, 1.165) is 31.2 Å². The highest BCUT2D eigenvalue weighted by Crippen LogP contribution is 2.39. The highest BCUT2D eigenvalue weighted by molar-refractivity contribution is 5.70. The van der Waals surface area contributed by atoms with Gasteiger partial charge in [0.05, 0.1) is 13.0 Å². The lowest BCUT2D eigenvalue weighted by molar-refractivity contribution is -0.148. The van der Waals surface area contributed by atoms with E-state index in [2.05, 4.69) is 5.18 Å². The van der Waals surface area contributed by atoms with Crippen molar-refractivity contribution in [3.8, 4) is 0 Å². The maximum atomic E-state index is 12.0. The van der Waals surface area contributed by atoms with Crippen LogP contribution in [0.25, 0.3) is 0 Å². The average molecular weight is 275 g/mol. The zero-order valence-corrected chi connectivity index (χ0v) is 11.7. The number of hydrogen-bond acceptors (Lipinski definition) is 4. The number of ether oxygens (including phenoxy) is 1. The van der Waals surface area contributed by atoms with Crippen LogP contribution in [0.2, 0.25) is 0 Å². The molecular weight excluding hydrogens is 254 g/mol. The lowest BCUT2D eigenvalue weighted by atomic mass is 9.72. The number of esters is 1. The third-order valence-corrected chi connectivity index (χ3v) is 4.08. The van der Waals surface area contributed by atoms with E-state index in [1.807, 2.05) is 30.3 Å². The van der Waals surface area contributed by atoms with Crippen molar-refractivity contribution in [2.75, 3.05) is 6.54 Å². The van der Waals surface area contributed by atoms with Gasteiger partial charge in [0.1, 0.15) is 6.61 Å². The second-order valence-electron chi connectivity index (χ2n) is 5.67. The lowest BCUT2D eigenvalue weighted by Gasteiger charge is -2.34. The van der Waals surface area contributed by atoms with Crippen LogP contribution in [-0.4, -0.2) is 12.5 Å². The Morgan fingerprint density at radius 1 is 1.15 bits per heavy atom. The summed E-state index contributed by atoms with van der Waals surface area (Å²) < 4.78 is 5.32. The van der Waals surface area contributed by atoms with Crippen molar-refractivity contribution in [2.45, 2.75) is 45.1 Å². The molecule has 0 unspecified atom stereocenters. The number of rotatable bonds is 6. The topological polar surface area (TPSA) is 55.7 Å². The molecule has 0 N–H and O–H groups in total. The highest BCUT2D eigenvalue weighted by atomic mass is 16.5. The summed E-state index contributed by atoms with van der Waals surface area (Å²) in [5.41, 5.74) is 0.723. The molecule has 1 aromatic rings. The molecule has 4 heteroatoms. The summed E-state index contributed by atoms with van der Waals surface area (Å²) in [7, 11) is 0. The maximum Gasteiger partial charge on any atom is 0.306 e. The van der Waals surface area contributed by atoms with Gasteiger partial charge in [-0.1, -0.05) is 54.8 Å². The van der Waals surface area contributed by atoms with Crippen molar-refractivity contribution in [3.63, 3.8) is 0 Å². The smallest absolute Gasteiger partial charge is 0.306 e. The van der Waals surface area contributed by atoms with Gasteiger partial charge in [-0.3, -0.25) is 4.79 Å². The molecule has 1 saturated carbocycles. The molecule has 0 atom stereocenters. The molecule has 20 heavy (non-hydrogen) atoms. The summed E-state index contributed by atoms with van der Waals surface area (Å²) in [6.45, 7) is 0.526. The molecule has 1 aliphatic rings. The molecule has 0 heterocycles. The Morgan fingerprint density at radius 2 is 1.85 bits per heavy atom. The Hall–Kier alpha value is -1.71. The second-order valence-corrected chi connectivity index (χ2v) is 5.67.